The molecule has 0 aromatic carbocycles. The smallest absolute Gasteiger partial charge is 0.322 e. The van der Waals surface area contributed by atoms with Gasteiger partial charge in [0.05, 0.1) is 25.9 Å². The van der Waals surface area contributed by atoms with Gasteiger partial charge in [0, 0.05) is 13.1 Å². The molecule has 0 amide bonds. The van der Waals surface area contributed by atoms with Gasteiger partial charge in [-0.1, -0.05) is 0 Å². The van der Waals surface area contributed by atoms with Crippen LogP contribution in [0.1, 0.15) is 13.8 Å². The minimum absolute atomic E-state index is 0.0191. The van der Waals surface area contributed by atoms with Gasteiger partial charge in [-0.3, -0.25) is 9.69 Å². The molecule has 88 valence electrons. The van der Waals surface area contributed by atoms with Crippen LogP contribution in [-0.4, -0.2) is 61.0 Å². The van der Waals surface area contributed by atoms with Gasteiger partial charge in [-0.15, -0.1) is 0 Å². The Morgan fingerprint density at radius 1 is 1.67 bits per heavy atom. The molecule has 0 radical (unpaired) electrons. The zero-order chi connectivity index (χ0) is 11.4. The second kappa shape index (κ2) is 5.44. The molecule has 1 saturated heterocycles. The first-order chi connectivity index (χ1) is 7.08. The Morgan fingerprint density at radius 3 is 2.87 bits per heavy atom. The van der Waals surface area contributed by atoms with Crippen molar-refractivity contribution in [3.8, 4) is 0 Å². The summed E-state index contributed by atoms with van der Waals surface area (Å²) in [5, 5.41) is 9.04. The van der Waals surface area contributed by atoms with Crippen molar-refractivity contribution in [3.63, 3.8) is 0 Å². The van der Waals surface area contributed by atoms with Crippen LogP contribution in [0.25, 0.3) is 0 Å². The van der Waals surface area contributed by atoms with E-state index in [1.807, 2.05) is 11.8 Å². The minimum atomic E-state index is -0.282. The summed E-state index contributed by atoms with van der Waals surface area (Å²) in [6, 6.07) is -0.282. The summed E-state index contributed by atoms with van der Waals surface area (Å²) in [4.78, 5) is 13.3. The molecule has 0 aromatic rings. The zero-order valence-corrected chi connectivity index (χ0v) is 9.47. The topological polar surface area (TPSA) is 59.0 Å². The molecule has 5 heteroatoms. The Bertz CT molecular complexity index is 221. The fourth-order valence-electron chi connectivity index (χ4n) is 1.82. The van der Waals surface area contributed by atoms with Crippen molar-refractivity contribution in [1.82, 2.24) is 4.90 Å². The lowest BCUT2D eigenvalue weighted by Gasteiger charge is -2.38. The van der Waals surface area contributed by atoms with E-state index in [1.54, 1.807) is 6.92 Å². The zero-order valence-electron chi connectivity index (χ0n) is 9.47. The van der Waals surface area contributed by atoms with Gasteiger partial charge in [-0.05, 0) is 13.8 Å². The van der Waals surface area contributed by atoms with Gasteiger partial charge in [0.2, 0.25) is 0 Å². The van der Waals surface area contributed by atoms with E-state index in [1.165, 1.54) is 7.11 Å². The maximum Gasteiger partial charge on any atom is 0.322 e. The van der Waals surface area contributed by atoms with E-state index >= 15 is 0 Å². The highest BCUT2D eigenvalue weighted by Crippen LogP contribution is 2.14. The van der Waals surface area contributed by atoms with Crippen molar-refractivity contribution in [2.24, 2.45) is 0 Å². The van der Waals surface area contributed by atoms with E-state index < -0.39 is 0 Å². The fraction of sp³-hybridized carbons (Fsp3) is 0.900. The molecule has 0 saturated carbocycles. The molecule has 1 rings (SSSR count). The molecular weight excluding hydrogens is 198 g/mol. The number of morpholine rings is 1. The van der Waals surface area contributed by atoms with Crippen LogP contribution in [0.4, 0.5) is 0 Å². The predicted molar refractivity (Wildman–Crippen MR) is 54.5 cm³/mol. The molecule has 15 heavy (non-hydrogen) atoms. The van der Waals surface area contributed by atoms with Gasteiger partial charge in [0.15, 0.2) is 0 Å². The molecule has 5 nitrogen and oxygen atoms in total. The lowest BCUT2D eigenvalue weighted by molar-refractivity contribution is -0.153. The van der Waals surface area contributed by atoms with E-state index in [0.29, 0.717) is 13.1 Å². The number of aliphatic hydroxyl groups excluding tert-OH is 1. The Morgan fingerprint density at radius 2 is 2.33 bits per heavy atom. The molecule has 1 N–H and O–H groups in total. The second-order valence-electron chi connectivity index (χ2n) is 3.90. The van der Waals surface area contributed by atoms with Gasteiger partial charge >= 0.3 is 5.97 Å². The van der Waals surface area contributed by atoms with Crippen molar-refractivity contribution in [3.05, 3.63) is 0 Å². The number of ether oxygens (including phenoxy) is 2. The maximum absolute atomic E-state index is 11.3. The molecule has 0 aromatic heterocycles. The quantitative estimate of drug-likeness (QED) is 0.654. The summed E-state index contributed by atoms with van der Waals surface area (Å²) in [6.07, 6.45) is -0.177. The first-order valence-electron chi connectivity index (χ1n) is 5.16. The summed E-state index contributed by atoms with van der Waals surface area (Å²) in [5.74, 6) is -0.249. The van der Waals surface area contributed by atoms with Crippen molar-refractivity contribution in [2.45, 2.75) is 32.1 Å². The third-order valence-corrected chi connectivity index (χ3v) is 2.65. The molecule has 0 aliphatic carbocycles. The lowest BCUT2D eigenvalue weighted by atomic mass is 10.1. The number of hydrogen-bond donors (Lipinski definition) is 1. The molecule has 1 heterocycles. The normalized spacial score (nSPS) is 29.9. The molecule has 1 aliphatic heterocycles. The summed E-state index contributed by atoms with van der Waals surface area (Å²) in [5.41, 5.74) is 0. The number of aliphatic hydroxyl groups is 1. The first kappa shape index (κ1) is 12.4. The van der Waals surface area contributed by atoms with Crippen molar-refractivity contribution >= 4 is 5.97 Å². The average Bonchev–Trinajstić information content (AvgIpc) is 2.26. The Labute approximate surface area is 90.0 Å². The number of rotatable bonds is 3. The molecule has 0 spiro atoms. The van der Waals surface area contributed by atoms with Gasteiger partial charge in [-0.2, -0.15) is 0 Å². The van der Waals surface area contributed by atoms with Crippen LogP contribution < -0.4 is 0 Å². The Balaban J connectivity index is 2.57. The van der Waals surface area contributed by atoms with Crippen LogP contribution in [0, 0.1) is 0 Å². The van der Waals surface area contributed by atoms with E-state index in [2.05, 4.69) is 4.74 Å². The minimum Gasteiger partial charge on any atom is -0.468 e. The number of esters is 1. The van der Waals surface area contributed by atoms with Crippen LogP contribution in [-0.2, 0) is 14.3 Å². The monoisotopic (exact) mass is 217 g/mol. The van der Waals surface area contributed by atoms with E-state index in [4.69, 9.17) is 9.84 Å². The molecule has 1 aliphatic rings. The number of carbonyl (C=O) groups is 1. The Hall–Kier alpha value is -0.650. The molecule has 3 atom stereocenters. The van der Waals surface area contributed by atoms with E-state index in [9.17, 15) is 4.79 Å². The number of methoxy groups -OCH3 is 1. The van der Waals surface area contributed by atoms with Crippen molar-refractivity contribution in [2.75, 3.05) is 26.8 Å². The summed E-state index contributed by atoms with van der Waals surface area (Å²) < 4.78 is 10.2. The highest BCUT2D eigenvalue weighted by Gasteiger charge is 2.31. The van der Waals surface area contributed by atoms with Crippen LogP contribution in [0.5, 0.6) is 0 Å². The number of carbonyl (C=O) groups excluding carboxylic acids is 1. The van der Waals surface area contributed by atoms with Crippen molar-refractivity contribution in [1.29, 1.82) is 0 Å². The number of hydrogen-bond acceptors (Lipinski definition) is 5. The highest BCUT2D eigenvalue weighted by molar-refractivity contribution is 5.75. The van der Waals surface area contributed by atoms with Gasteiger partial charge < -0.3 is 14.6 Å². The van der Waals surface area contributed by atoms with Gasteiger partial charge in [0.25, 0.3) is 0 Å². The summed E-state index contributed by atoms with van der Waals surface area (Å²) in [6.45, 7) is 4.97. The van der Waals surface area contributed by atoms with Crippen LogP contribution in [0.15, 0.2) is 0 Å². The predicted octanol–water partition coefficient (Wildman–Crippen LogP) is -0.371. The van der Waals surface area contributed by atoms with Crippen LogP contribution in [0.3, 0.4) is 0 Å². The second-order valence-corrected chi connectivity index (χ2v) is 3.90. The molecule has 1 fully saturated rings. The fourth-order valence-corrected chi connectivity index (χ4v) is 1.82. The van der Waals surface area contributed by atoms with E-state index in [-0.39, 0.29) is 30.8 Å². The van der Waals surface area contributed by atoms with Crippen LogP contribution in [0.2, 0.25) is 0 Å². The first-order valence-corrected chi connectivity index (χ1v) is 5.16. The van der Waals surface area contributed by atoms with Crippen molar-refractivity contribution < 1.29 is 19.4 Å². The highest BCUT2D eigenvalue weighted by atomic mass is 16.5. The van der Waals surface area contributed by atoms with E-state index in [0.717, 1.165) is 0 Å². The molecular formula is C10H19NO4. The molecule has 0 bridgehead atoms. The summed E-state index contributed by atoms with van der Waals surface area (Å²) >= 11 is 0. The summed E-state index contributed by atoms with van der Waals surface area (Å²) in [7, 11) is 1.38. The standard InChI is InChI=1S/C10H19NO4/c1-7-4-11(5-9(6-12)15-7)8(2)10(13)14-3/h7-9,12H,4-6H2,1-3H3. The SMILES string of the molecule is COC(=O)C(C)N1CC(C)OC(CO)C1. The van der Waals surface area contributed by atoms with Crippen LogP contribution >= 0.6 is 0 Å². The van der Waals surface area contributed by atoms with Gasteiger partial charge in [0.1, 0.15) is 6.04 Å². The molecule has 3 unspecified atom stereocenters. The third-order valence-electron chi connectivity index (χ3n) is 2.65. The largest absolute Gasteiger partial charge is 0.468 e. The third kappa shape index (κ3) is 3.15. The maximum atomic E-state index is 11.3. The Kier molecular flexibility index (Phi) is 4.50. The average molecular weight is 217 g/mol. The van der Waals surface area contributed by atoms with Gasteiger partial charge in [-0.25, -0.2) is 0 Å². The lowest BCUT2D eigenvalue weighted by Crippen LogP contribution is -2.53. The number of nitrogens with zero attached hydrogens (tertiary/aromatic N) is 1.